The van der Waals surface area contributed by atoms with Crippen LogP contribution < -0.4 is 0 Å². The molecule has 0 radical (unpaired) electrons. The summed E-state index contributed by atoms with van der Waals surface area (Å²) in [6, 6.07) is 10.7. The molecule has 0 aliphatic heterocycles. The van der Waals surface area contributed by atoms with Gasteiger partial charge in [0.05, 0.1) is 0 Å². The third-order valence-electron chi connectivity index (χ3n) is 10.1. The van der Waals surface area contributed by atoms with Crippen molar-refractivity contribution in [1.82, 2.24) is 0 Å². The number of hydrogen-bond donors (Lipinski definition) is 0. The van der Waals surface area contributed by atoms with Gasteiger partial charge in [-0.1, -0.05) is 0 Å². The Morgan fingerprint density at radius 2 is 0.932 bits per heavy atom. The van der Waals surface area contributed by atoms with E-state index in [0.29, 0.717) is 9.54 Å². The fourth-order valence-electron chi connectivity index (χ4n) is 7.59. The zero-order valence-electron chi connectivity index (χ0n) is 31.8. The first kappa shape index (κ1) is 35.5. The van der Waals surface area contributed by atoms with Gasteiger partial charge in [-0.05, 0) is 0 Å². The average Bonchev–Trinajstić information content (AvgIpc) is 3.40. The molecule has 2 aromatic carbocycles. The van der Waals surface area contributed by atoms with E-state index in [1.165, 1.54) is 39.8 Å². The molecular formula is C43H64Zr. The van der Waals surface area contributed by atoms with Gasteiger partial charge in [-0.3, -0.25) is 0 Å². The summed E-state index contributed by atoms with van der Waals surface area (Å²) in [6.45, 7) is 43.5. The normalized spacial score (nSPS) is 17.8. The minimum atomic E-state index is -2.43. The van der Waals surface area contributed by atoms with Crippen LogP contribution in [-0.4, -0.2) is 3.21 Å². The van der Waals surface area contributed by atoms with Crippen molar-refractivity contribution in [3.8, 4) is 11.1 Å². The summed E-state index contributed by atoms with van der Waals surface area (Å²) in [6.07, 6.45) is 6.53. The molecule has 0 aromatic heterocycles. The van der Waals surface area contributed by atoms with Crippen LogP contribution in [0, 0.1) is 11.3 Å². The molecule has 0 N–H and O–H groups in total. The maximum atomic E-state index is 2.70. The molecule has 2 aliphatic rings. The SMILES string of the molecule is CCC1C=C(C(C)(C)C)C=[C]1[Zr](=[C](C)C)[CH]1c2cc(C(C)(C)C)c(C(C)(C)C)cc2-c2cc(C(C)(C)C)c(C(C)(C)C)cc21. The molecule has 0 saturated carbocycles. The van der Waals surface area contributed by atoms with Crippen LogP contribution in [0.3, 0.4) is 0 Å². The third kappa shape index (κ3) is 6.58. The Hall–Kier alpha value is -1.33. The fraction of sp³-hybridized carbons (Fsp3) is 0.605. The van der Waals surface area contributed by atoms with Crippen LogP contribution in [0.4, 0.5) is 0 Å². The third-order valence-corrected chi connectivity index (χ3v) is 18.5. The van der Waals surface area contributed by atoms with Gasteiger partial charge in [0, 0.05) is 0 Å². The zero-order chi connectivity index (χ0) is 33.5. The molecule has 44 heavy (non-hydrogen) atoms. The second-order valence-corrected chi connectivity index (χ2v) is 26.6. The quantitative estimate of drug-likeness (QED) is 0.305. The Morgan fingerprint density at radius 1 is 0.568 bits per heavy atom. The van der Waals surface area contributed by atoms with E-state index >= 15 is 0 Å². The number of benzene rings is 2. The Kier molecular flexibility index (Phi) is 9.23. The van der Waals surface area contributed by atoms with Gasteiger partial charge in [-0.25, -0.2) is 0 Å². The Bertz CT molecular complexity index is 1460. The molecule has 0 nitrogen and oxygen atoms in total. The summed E-state index contributed by atoms with van der Waals surface area (Å²) in [5.41, 5.74) is 14.4. The summed E-state index contributed by atoms with van der Waals surface area (Å²) in [7, 11) is 0. The van der Waals surface area contributed by atoms with E-state index in [9.17, 15) is 0 Å². The predicted octanol–water partition coefficient (Wildman–Crippen LogP) is 12.7. The van der Waals surface area contributed by atoms with E-state index in [4.69, 9.17) is 0 Å². The molecule has 1 unspecified atom stereocenters. The van der Waals surface area contributed by atoms with Crippen molar-refractivity contribution in [2.24, 2.45) is 11.3 Å². The van der Waals surface area contributed by atoms with Crippen LogP contribution in [0.5, 0.6) is 0 Å². The summed E-state index contributed by atoms with van der Waals surface area (Å²) in [5.74, 6) is 0.577. The van der Waals surface area contributed by atoms with E-state index in [-0.39, 0.29) is 27.1 Å². The van der Waals surface area contributed by atoms with E-state index in [1.807, 2.05) is 3.28 Å². The first-order valence-corrected chi connectivity index (χ1v) is 21.2. The number of rotatable bonds is 3. The van der Waals surface area contributed by atoms with Gasteiger partial charge in [-0.15, -0.1) is 0 Å². The summed E-state index contributed by atoms with van der Waals surface area (Å²) in [4.78, 5) is 0. The second kappa shape index (κ2) is 11.4. The Balaban J connectivity index is 2.19. The average molecular weight is 672 g/mol. The van der Waals surface area contributed by atoms with Gasteiger partial charge in [0.15, 0.2) is 0 Å². The van der Waals surface area contributed by atoms with Crippen LogP contribution in [0.1, 0.15) is 168 Å². The van der Waals surface area contributed by atoms with E-state index in [2.05, 4.69) is 161 Å². The molecular weight excluding hydrogens is 608 g/mol. The number of fused-ring (bicyclic) bond motifs is 3. The molecule has 0 bridgehead atoms. The van der Waals surface area contributed by atoms with E-state index in [0.717, 1.165) is 0 Å². The molecule has 2 aliphatic carbocycles. The van der Waals surface area contributed by atoms with Crippen LogP contribution >= 0.6 is 0 Å². The summed E-state index contributed by atoms with van der Waals surface area (Å²) < 4.78 is 4.04. The molecule has 0 heterocycles. The van der Waals surface area contributed by atoms with Crippen molar-refractivity contribution in [3.05, 3.63) is 78.7 Å². The van der Waals surface area contributed by atoms with Crippen molar-refractivity contribution < 1.29 is 21.3 Å². The predicted molar refractivity (Wildman–Crippen MR) is 194 cm³/mol. The van der Waals surface area contributed by atoms with Gasteiger partial charge >= 0.3 is 282 Å². The molecule has 2 aromatic rings. The van der Waals surface area contributed by atoms with Crippen molar-refractivity contribution in [1.29, 1.82) is 0 Å². The molecule has 4 rings (SSSR count). The van der Waals surface area contributed by atoms with Crippen molar-refractivity contribution in [2.45, 2.75) is 156 Å². The topological polar surface area (TPSA) is 0 Å². The van der Waals surface area contributed by atoms with Gasteiger partial charge in [0.25, 0.3) is 0 Å². The van der Waals surface area contributed by atoms with Crippen LogP contribution in [0.2, 0.25) is 0 Å². The Labute approximate surface area is 280 Å². The maximum absolute atomic E-state index is 2.70. The number of allylic oxidation sites excluding steroid dienone is 4. The summed E-state index contributed by atoms with van der Waals surface area (Å²) in [5, 5.41) is 0. The standard InChI is InChI=1S/C29H41.C11H17.C3H6.Zr/c1-26(2,3)22-14-18-13-19-15-23(27(4,5)6)25(29(10,11)12)17-21(19)20(18)16-24(22)28(7,8)9;1-5-9-6-7-10(8-9)11(2,3)4;1-3-2;/h13-17H,1-12H3;7-9H,5H2,1-4H3;1-2H3;. The van der Waals surface area contributed by atoms with Crippen LogP contribution in [0.25, 0.3) is 11.1 Å². The molecule has 0 fully saturated rings. The minimum absolute atomic E-state index is 0.0787. The Morgan fingerprint density at radius 3 is 1.23 bits per heavy atom. The fourth-order valence-corrected chi connectivity index (χ4v) is 16.4. The van der Waals surface area contributed by atoms with Gasteiger partial charge in [0.1, 0.15) is 0 Å². The van der Waals surface area contributed by atoms with Crippen LogP contribution in [0.15, 0.2) is 45.3 Å². The molecule has 1 atom stereocenters. The van der Waals surface area contributed by atoms with Crippen molar-refractivity contribution in [2.75, 3.05) is 0 Å². The second-order valence-electron chi connectivity index (χ2n) is 19.3. The van der Waals surface area contributed by atoms with Gasteiger partial charge < -0.3 is 0 Å². The first-order chi connectivity index (χ1) is 19.8. The van der Waals surface area contributed by atoms with Crippen LogP contribution in [-0.2, 0) is 42.9 Å². The molecule has 240 valence electrons. The number of hydrogen-bond acceptors (Lipinski definition) is 0. The van der Waals surface area contributed by atoms with Gasteiger partial charge in [-0.2, -0.15) is 0 Å². The van der Waals surface area contributed by atoms with Crippen molar-refractivity contribution in [3.63, 3.8) is 0 Å². The molecule has 0 saturated heterocycles. The molecule has 0 spiro atoms. The summed E-state index contributed by atoms with van der Waals surface area (Å²) >= 11 is -2.43. The zero-order valence-corrected chi connectivity index (χ0v) is 34.3. The molecule has 0 amide bonds. The van der Waals surface area contributed by atoms with Gasteiger partial charge in [0.2, 0.25) is 0 Å². The molecule has 1 heteroatoms. The van der Waals surface area contributed by atoms with E-state index in [1.54, 1.807) is 19.9 Å². The van der Waals surface area contributed by atoms with E-state index < -0.39 is 21.3 Å². The van der Waals surface area contributed by atoms with Crippen molar-refractivity contribution >= 4 is 3.21 Å². The first-order valence-electron chi connectivity index (χ1n) is 17.3. The monoisotopic (exact) mass is 670 g/mol.